The summed E-state index contributed by atoms with van der Waals surface area (Å²) in [6.07, 6.45) is -2.26. The van der Waals surface area contributed by atoms with E-state index in [1.165, 1.54) is 0 Å². The Morgan fingerprint density at radius 1 is 0.826 bits per heavy atom. The smallest absolute Gasteiger partial charge is 0.404 e. The molecule has 0 saturated carbocycles. The average Bonchev–Trinajstić information content (AvgIpc) is 3.26. The molecule has 0 aliphatic carbocycles. The van der Waals surface area contributed by atoms with Crippen LogP contribution in [0.25, 0.3) is 0 Å². The van der Waals surface area contributed by atoms with E-state index in [2.05, 4.69) is 31.7 Å². The fraction of sp³-hybridized carbons (Fsp3) is 0.742. The first-order chi connectivity index (χ1) is 21.3. The zero-order chi connectivity index (χ0) is 35.3. The number of aromatic nitrogens is 2. The third-order valence-corrected chi connectivity index (χ3v) is 7.39. The van der Waals surface area contributed by atoms with Crippen LogP contribution in [0.2, 0.25) is 0 Å². The van der Waals surface area contributed by atoms with Crippen molar-refractivity contribution < 1.29 is 34.2 Å². The van der Waals surface area contributed by atoms with Crippen LogP contribution >= 0.6 is 0 Å². The lowest BCUT2D eigenvalue weighted by atomic mass is 9.91. The molecule has 15 nitrogen and oxygen atoms in total. The van der Waals surface area contributed by atoms with Crippen LogP contribution in [0.4, 0.5) is 4.79 Å². The summed E-state index contributed by atoms with van der Waals surface area (Å²) in [6.45, 7) is 16.7. The van der Waals surface area contributed by atoms with Crippen LogP contribution in [0, 0.1) is 37.5 Å². The number of nitrogens with zero attached hydrogens (tertiary/aromatic N) is 2. The molecule has 0 radical (unpaired) electrons. The summed E-state index contributed by atoms with van der Waals surface area (Å²) >= 11 is 0. The normalized spacial score (nSPS) is 15.4. The Kier molecular flexibility index (Phi) is 16.7. The number of carbonyl (C=O) groups excluding carboxylic acids is 4. The van der Waals surface area contributed by atoms with E-state index in [0.29, 0.717) is 13.0 Å². The summed E-state index contributed by atoms with van der Waals surface area (Å²) in [5, 5.41) is 37.6. The Bertz CT molecular complexity index is 1170. The molecule has 6 atom stereocenters. The minimum Gasteiger partial charge on any atom is -0.465 e. The van der Waals surface area contributed by atoms with Gasteiger partial charge in [-0.3, -0.25) is 23.9 Å². The van der Waals surface area contributed by atoms with Crippen LogP contribution in [-0.4, -0.2) is 93.1 Å². The molecule has 1 aromatic rings. The molecule has 0 spiro atoms. The van der Waals surface area contributed by atoms with E-state index in [4.69, 9.17) is 10.8 Å². The van der Waals surface area contributed by atoms with Gasteiger partial charge in [0.15, 0.2) is 0 Å². The van der Waals surface area contributed by atoms with Gasteiger partial charge in [-0.1, -0.05) is 48.5 Å². The number of rotatable bonds is 19. The average molecular weight is 653 g/mol. The summed E-state index contributed by atoms with van der Waals surface area (Å²) in [6, 6.07) is -2.18. The van der Waals surface area contributed by atoms with E-state index >= 15 is 0 Å². The van der Waals surface area contributed by atoms with E-state index < -0.39 is 66.5 Å². The largest absolute Gasteiger partial charge is 0.465 e. The fourth-order valence-electron chi connectivity index (χ4n) is 4.79. The SMILES string of the molecule is Cc1cc(C)n(CC(N)C(=O)N[C@@H](CNC(=O)O)C(=O)N[C@@H](CC(C)C)[C@@H](O)C[C@@H](C)C(=O)N[C@H](C(=O)NCC(C)C)C(C)C)n1. The zero-order valence-corrected chi connectivity index (χ0v) is 28.7. The van der Waals surface area contributed by atoms with Gasteiger partial charge >= 0.3 is 6.09 Å². The first kappa shape index (κ1) is 40.3. The highest BCUT2D eigenvalue weighted by molar-refractivity contribution is 5.90. The maximum absolute atomic E-state index is 13.4. The number of hydrogen-bond acceptors (Lipinski definition) is 8. The van der Waals surface area contributed by atoms with Crippen molar-refractivity contribution in [3.63, 3.8) is 0 Å². The lowest BCUT2D eigenvalue weighted by Crippen LogP contribution is -2.59. The third kappa shape index (κ3) is 14.1. The number of carbonyl (C=O) groups is 5. The molecule has 1 heterocycles. The Labute approximate surface area is 272 Å². The van der Waals surface area contributed by atoms with Gasteiger partial charge in [-0.25, -0.2) is 4.79 Å². The van der Waals surface area contributed by atoms with Gasteiger partial charge in [-0.05, 0) is 50.5 Å². The maximum Gasteiger partial charge on any atom is 0.404 e. The summed E-state index contributed by atoms with van der Waals surface area (Å²) in [5.74, 6) is -2.74. The molecule has 1 rings (SSSR count). The molecule has 0 aliphatic heterocycles. The second-order valence-electron chi connectivity index (χ2n) is 13.3. The molecule has 9 N–H and O–H groups in total. The molecule has 5 amide bonds. The quantitative estimate of drug-likeness (QED) is 0.103. The number of nitrogens with one attached hydrogen (secondary N) is 5. The molecule has 1 unspecified atom stereocenters. The predicted octanol–water partition coefficient (Wildman–Crippen LogP) is 0.411. The minimum absolute atomic E-state index is 0.0263. The molecular weight excluding hydrogens is 596 g/mol. The van der Waals surface area contributed by atoms with Crippen molar-refractivity contribution >= 4 is 29.7 Å². The van der Waals surface area contributed by atoms with Gasteiger partial charge in [-0.2, -0.15) is 5.10 Å². The minimum atomic E-state index is -1.39. The number of carboxylic acid groups (broad SMARTS) is 1. The van der Waals surface area contributed by atoms with E-state index in [-0.39, 0.29) is 36.6 Å². The third-order valence-electron chi connectivity index (χ3n) is 7.39. The number of amides is 5. The lowest BCUT2D eigenvalue weighted by Gasteiger charge is -2.30. The van der Waals surface area contributed by atoms with Crippen LogP contribution < -0.4 is 32.3 Å². The Hall–Kier alpha value is -3.72. The first-order valence-corrected chi connectivity index (χ1v) is 15.9. The molecule has 15 heteroatoms. The van der Waals surface area contributed by atoms with Gasteiger partial charge in [0.1, 0.15) is 18.1 Å². The van der Waals surface area contributed by atoms with E-state index in [1.807, 2.05) is 54.5 Å². The van der Waals surface area contributed by atoms with Crippen LogP contribution in [-0.2, 0) is 25.7 Å². The second-order valence-corrected chi connectivity index (χ2v) is 13.3. The highest BCUT2D eigenvalue weighted by atomic mass is 16.4. The van der Waals surface area contributed by atoms with Gasteiger partial charge in [0, 0.05) is 18.2 Å². The topological polar surface area (TPSA) is 230 Å². The van der Waals surface area contributed by atoms with Crippen molar-refractivity contribution in [2.24, 2.45) is 29.4 Å². The number of aliphatic hydroxyl groups excluding tert-OH is 1. The Morgan fingerprint density at radius 3 is 1.96 bits per heavy atom. The Morgan fingerprint density at radius 2 is 1.46 bits per heavy atom. The molecule has 0 bridgehead atoms. The van der Waals surface area contributed by atoms with Crippen LogP contribution in [0.3, 0.4) is 0 Å². The molecule has 0 saturated heterocycles. The number of hydrogen-bond donors (Lipinski definition) is 8. The number of aliphatic hydroxyl groups is 1. The van der Waals surface area contributed by atoms with Gasteiger partial charge in [0.2, 0.25) is 23.6 Å². The molecule has 0 aliphatic rings. The van der Waals surface area contributed by atoms with E-state index in [9.17, 15) is 29.1 Å². The molecule has 0 aromatic carbocycles. The van der Waals surface area contributed by atoms with Crippen molar-refractivity contribution in [1.29, 1.82) is 0 Å². The van der Waals surface area contributed by atoms with Crippen LogP contribution in [0.5, 0.6) is 0 Å². The van der Waals surface area contributed by atoms with Gasteiger partial charge in [-0.15, -0.1) is 0 Å². The first-order valence-electron chi connectivity index (χ1n) is 15.9. The highest BCUT2D eigenvalue weighted by Crippen LogP contribution is 2.17. The molecule has 262 valence electrons. The van der Waals surface area contributed by atoms with Crippen LogP contribution in [0.15, 0.2) is 6.07 Å². The van der Waals surface area contributed by atoms with Crippen molar-refractivity contribution in [3.05, 3.63) is 17.5 Å². The fourth-order valence-corrected chi connectivity index (χ4v) is 4.79. The molecular formula is C31H56N8O7. The number of aryl methyl sites for hydroxylation is 2. The van der Waals surface area contributed by atoms with Crippen molar-refractivity contribution in [2.45, 2.75) is 112 Å². The van der Waals surface area contributed by atoms with Crippen molar-refractivity contribution in [1.82, 2.24) is 36.4 Å². The van der Waals surface area contributed by atoms with Crippen molar-refractivity contribution in [2.75, 3.05) is 13.1 Å². The highest BCUT2D eigenvalue weighted by Gasteiger charge is 2.32. The van der Waals surface area contributed by atoms with E-state index in [0.717, 1.165) is 11.4 Å². The van der Waals surface area contributed by atoms with Crippen LogP contribution in [0.1, 0.15) is 72.7 Å². The summed E-state index contributed by atoms with van der Waals surface area (Å²) in [7, 11) is 0. The predicted molar refractivity (Wildman–Crippen MR) is 173 cm³/mol. The summed E-state index contributed by atoms with van der Waals surface area (Å²) in [5.41, 5.74) is 7.64. The van der Waals surface area contributed by atoms with Gasteiger partial charge in [0.05, 0.1) is 30.9 Å². The summed E-state index contributed by atoms with van der Waals surface area (Å²) < 4.78 is 1.57. The second kappa shape index (κ2) is 19.1. The summed E-state index contributed by atoms with van der Waals surface area (Å²) in [4.78, 5) is 63.3. The monoisotopic (exact) mass is 652 g/mol. The van der Waals surface area contributed by atoms with Gasteiger partial charge < -0.3 is 42.5 Å². The number of nitrogens with two attached hydrogens (primary N) is 1. The standard InChI is InChI=1S/C31H56N8O7/c1-16(2)10-23(25(40)11-19(7)27(41)37-26(18(5)6)30(44)33-13-17(3)4)35-29(43)24(14-34-31(45)46)36-28(42)22(32)15-39-21(9)12-20(8)38-39/h12,16-19,22-26,34,40H,10-11,13-15,32H2,1-9H3,(H,33,44)(H,35,43)(H,36,42)(H,37,41)(H,45,46)/t19-,22?,23+,24+,25+,26+/m1/s1. The zero-order valence-electron chi connectivity index (χ0n) is 28.7. The lowest BCUT2D eigenvalue weighted by molar-refractivity contribution is -0.133. The molecule has 0 fully saturated rings. The van der Waals surface area contributed by atoms with Crippen molar-refractivity contribution in [3.8, 4) is 0 Å². The van der Waals surface area contributed by atoms with Gasteiger partial charge in [0.25, 0.3) is 0 Å². The molecule has 46 heavy (non-hydrogen) atoms. The van der Waals surface area contributed by atoms with E-state index in [1.54, 1.807) is 18.5 Å². The Balaban J connectivity index is 3.00. The molecule has 1 aromatic heterocycles. The maximum atomic E-state index is 13.4.